The number of aryl methyl sites for hydroxylation is 3. The van der Waals surface area contributed by atoms with E-state index in [0.29, 0.717) is 5.69 Å². The average molecular weight is 786 g/mol. The van der Waals surface area contributed by atoms with Crippen molar-refractivity contribution in [2.75, 3.05) is 9.80 Å². The number of hydrogen-bond donors (Lipinski definition) is 0. The first-order valence-corrected chi connectivity index (χ1v) is 20.2. The van der Waals surface area contributed by atoms with Crippen molar-refractivity contribution in [3.8, 4) is 0 Å². The van der Waals surface area contributed by atoms with Crippen LogP contribution in [0.3, 0.4) is 0 Å². The Morgan fingerprint density at radius 2 is 0.950 bits per heavy atom. The third-order valence-corrected chi connectivity index (χ3v) is 12.2. The van der Waals surface area contributed by atoms with E-state index in [0.717, 1.165) is 93.6 Å². The molecule has 290 valence electrons. The minimum Gasteiger partial charge on any atom is -0.310 e. The molecular weight excluding hydrogens is 748 g/mol. The van der Waals surface area contributed by atoms with Crippen molar-refractivity contribution >= 4 is 93.8 Å². The molecule has 0 bridgehead atoms. The van der Waals surface area contributed by atoms with Crippen molar-refractivity contribution in [2.24, 2.45) is 0 Å². The molecule has 0 saturated carbocycles. The van der Waals surface area contributed by atoms with Crippen LogP contribution in [0.1, 0.15) is 22.3 Å². The summed E-state index contributed by atoms with van der Waals surface area (Å²) in [7, 11) is 0. The molecule has 0 unspecified atom stereocenters. The first kappa shape index (κ1) is 35.8. The van der Waals surface area contributed by atoms with E-state index >= 15 is 0 Å². The SMILES string of the molecule is Cc1ccc(N(c2ccc3cc4c5ccc(N(c6ccc(C(F)(F)F)cc6)c6ccccc6C)c6c7cc8ccccc8cc7n(c4cc3c2)c56)c2ccccc2C)cc1. The predicted molar refractivity (Wildman–Crippen MR) is 245 cm³/mol. The highest BCUT2D eigenvalue weighted by atomic mass is 19.4. The van der Waals surface area contributed by atoms with Crippen molar-refractivity contribution < 1.29 is 13.2 Å². The van der Waals surface area contributed by atoms with Crippen LogP contribution in [0.5, 0.6) is 0 Å². The molecule has 0 N–H and O–H groups in total. The van der Waals surface area contributed by atoms with Crippen molar-refractivity contribution in [1.82, 2.24) is 4.40 Å². The van der Waals surface area contributed by atoms with Gasteiger partial charge in [-0.2, -0.15) is 13.2 Å². The second-order valence-corrected chi connectivity index (χ2v) is 15.9. The highest BCUT2D eigenvalue weighted by molar-refractivity contribution is 6.29. The van der Waals surface area contributed by atoms with Crippen molar-refractivity contribution in [2.45, 2.75) is 26.9 Å². The molecular formula is C54H38F3N3. The Morgan fingerprint density at radius 3 is 1.63 bits per heavy atom. The normalized spacial score (nSPS) is 12.2. The Hall–Kier alpha value is -7.31. The van der Waals surface area contributed by atoms with Crippen LogP contribution in [0.25, 0.3) is 59.6 Å². The molecule has 0 amide bonds. The summed E-state index contributed by atoms with van der Waals surface area (Å²) in [6.45, 7) is 6.31. The van der Waals surface area contributed by atoms with E-state index in [1.54, 1.807) is 12.1 Å². The van der Waals surface area contributed by atoms with Gasteiger partial charge in [0.1, 0.15) is 0 Å². The van der Waals surface area contributed by atoms with E-state index in [2.05, 4.69) is 155 Å². The molecule has 0 spiro atoms. The second-order valence-electron chi connectivity index (χ2n) is 15.9. The number of hydrogen-bond acceptors (Lipinski definition) is 2. The van der Waals surface area contributed by atoms with Crippen LogP contribution in [0.4, 0.5) is 47.3 Å². The van der Waals surface area contributed by atoms with Gasteiger partial charge in [-0.05, 0) is 144 Å². The van der Waals surface area contributed by atoms with Crippen molar-refractivity contribution in [3.63, 3.8) is 0 Å². The van der Waals surface area contributed by atoms with Gasteiger partial charge in [-0.15, -0.1) is 0 Å². The summed E-state index contributed by atoms with van der Waals surface area (Å²) < 4.78 is 44.0. The number of benzene rings is 9. The number of nitrogens with zero attached hydrogens (tertiary/aromatic N) is 3. The smallest absolute Gasteiger partial charge is 0.310 e. The van der Waals surface area contributed by atoms with Gasteiger partial charge >= 0.3 is 6.18 Å². The van der Waals surface area contributed by atoms with Gasteiger partial charge in [-0.25, -0.2) is 0 Å². The largest absolute Gasteiger partial charge is 0.416 e. The standard InChI is InChI=1S/C54H38F3N3/c1-33-16-21-41(22-17-33)58(47-14-8-4-10-34(47)2)43-23-18-38-29-45-44-26-27-49(59(48-15-9-5-11-35(48)3)42-24-19-40(20-25-42)54(55,56)57)52-46-30-36-12-6-7-13-37(36)31-51(46)60(53(44)52)50(45)32-39(38)28-43/h4-32H,1-3H3. The van der Waals surface area contributed by atoms with Gasteiger partial charge in [-0.3, -0.25) is 0 Å². The van der Waals surface area contributed by atoms with E-state index in [9.17, 15) is 13.2 Å². The monoisotopic (exact) mass is 785 g/mol. The molecule has 0 fully saturated rings. The Morgan fingerprint density at radius 1 is 0.417 bits per heavy atom. The molecule has 0 aliphatic heterocycles. The molecule has 2 aromatic heterocycles. The van der Waals surface area contributed by atoms with Crippen LogP contribution in [0, 0.1) is 20.8 Å². The van der Waals surface area contributed by atoms with Crippen LogP contribution in [0.15, 0.2) is 176 Å². The van der Waals surface area contributed by atoms with Crippen LogP contribution in [-0.2, 0) is 6.18 Å². The first-order valence-electron chi connectivity index (χ1n) is 20.2. The Bertz CT molecular complexity index is 3450. The number of halogens is 3. The summed E-state index contributed by atoms with van der Waals surface area (Å²) >= 11 is 0. The molecule has 3 nitrogen and oxygen atoms in total. The fraction of sp³-hybridized carbons (Fsp3) is 0.0741. The molecule has 6 heteroatoms. The van der Waals surface area contributed by atoms with Gasteiger partial charge in [0, 0.05) is 50.0 Å². The van der Waals surface area contributed by atoms with Gasteiger partial charge in [0.15, 0.2) is 0 Å². The highest BCUT2D eigenvalue weighted by Gasteiger charge is 2.31. The number of alkyl halides is 3. The van der Waals surface area contributed by atoms with E-state index in [1.807, 2.05) is 31.2 Å². The van der Waals surface area contributed by atoms with E-state index in [1.165, 1.54) is 23.3 Å². The fourth-order valence-corrected chi connectivity index (χ4v) is 9.24. The van der Waals surface area contributed by atoms with E-state index < -0.39 is 11.7 Å². The average Bonchev–Trinajstić information content (AvgIpc) is 3.75. The summed E-state index contributed by atoms with van der Waals surface area (Å²) in [6.07, 6.45) is -4.44. The Balaban J connectivity index is 1.20. The van der Waals surface area contributed by atoms with Gasteiger partial charge in [0.2, 0.25) is 0 Å². The fourth-order valence-electron chi connectivity index (χ4n) is 9.24. The van der Waals surface area contributed by atoms with Crippen molar-refractivity contribution in [1.29, 1.82) is 0 Å². The number of aromatic nitrogens is 1. The highest BCUT2D eigenvalue weighted by Crippen LogP contribution is 2.49. The minimum atomic E-state index is -4.44. The zero-order chi connectivity index (χ0) is 40.9. The summed E-state index contributed by atoms with van der Waals surface area (Å²) in [5, 5.41) is 8.89. The van der Waals surface area contributed by atoms with E-state index in [4.69, 9.17) is 0 Å². The summed E-state index contributed by atoms with van der Waals surface area (Å²) in [5.74, 6) is 0. The van der Waals surface area contributed by atoms with Crippen LogP contribution < -0.4 is 9.80 Å². The summed E-state index contributed by atoms with van der Waals surface area (Å²) in [5.41, 5.74) is 11.7. The maximum absolute atomic E-state index is 13.9. The zero-order valence-electron chi connectivity index (χ0n) is 33.2. The van der Waals surface area contributed by atoms with E-state index in [-0.39, 0.29) is 0 Å². The van der Waals surface area contributed by atoms with Crippen LogP contribution in [0.2, 0.25) is 0 Å². The lowest BCUT2D eigenvalue weighted by Crippen LogP contribution is -2.12. The number of fused-ring (bicyclic) bond motifs is 8. The molecule has 0 atom stereocenters. The lowest BCUT2D eigenvalue weighted by molar-refractivity contribution is -0.137. The Labute approximate surface area is 345 Å². The third kappa shape index (κ3) is 5.59. The summed E-state index contributed by atoms with van der Waals surface area (Å²) in [6, 6.07) is 59.4. The first-order chi connectivity index (χ1) is 29.1. The maximum atomic E-state index is 13.9. The molecule has 11 aromatic rings. The zero-order valence-corrected chi connectivity index (χ0v) is 33.2. The van der Waals surface area contributed by atoms with Crippen LogP contribution in [-0.4, -0.2) is 4.40 Å². The molecule has 2 heterocycles. The quantitative estimate of drug-likeness (QED) is 0.166. The lowest BCUT2D eigenvalue weighted by atomic mass is 10.00. The maximum Gasteiger partial charge on any atom is 0.416 e. The van der Waals surface area contributed by atoms with Gasteiger partial charge in [0.05, 0.1) is 27.8 Å². The molecule has 0 saturated heterocycles. The summed E-state index contributed by atoms with van der Waals surface area (Å²) in [4.78, 5) is 4.45. The number of para-hydroxylation sites is 2. The van der Waals surface area contributed by atoms with Gasteiger partial charge in [-0.1, -0.05) is 90.5 Å². The third-order valence-electron chi connectivity index (χ3n) is 12.2. The number of rotatable bonds is 6. The topological polar surface area (TPSA) is 10.9 Å². The van der Waals surface area contributed by atoms with Crippen molar-refractivity contribution in [3.05, 3.63) is 198 Å². The molecule has 60 heavy (non-hydrogen) atoms. The predicted octanol–water partition coefficient (Wildman–Crippen LogP) is 16.0. The van der Waals surface area contributed by atoms with Gasteiger partial charge < -0.3 is 14.2 Å². The lowest BCUT2D eigenvalue weighted by Gasteiger charge is -2.28. The molecule has 9 aromatic carbocycles. The van der Waals surface area contributed by atoms with Gasteiger partial charge in [0.25, 0.3) is 0 Å². The molecule has 0 radical (unpaired) electrons. The van der Waals surface area contributed by atoms with Crippen LogP contribution >= 0.6 is 0 Å². The molecule has 11 rings (SSSR count). The molecule has 0 aliphatic carbocycles. The number of anilines is 6. The minimum absolute atomic E-state index is 0.648. The molecule has 0 aliphatic rings. The second kappa shape index (κ2) is 13.4. The Kier molecular flexibility index (Phi) is 7.98.